The first kappa shape index (κ1) is 16.0. The molecule has 2 heterocycles. The summed E-state index contributed by atoms with van der Waals surface area (Å²) < 4.78 is 35.7. The van der Waals surface area contributed by atoms with Crippen LogP contribution in [-0.2, 0) is 16.6 Å². The van der Waals surface area contributed by atoms with E-state index in [4.69, 9.17) is 4.42 Å². The number of halogens is 1. The van der Waals surface area contributed by atoms with E-state index in [1.807, 2.05) is 6.92 Å². The number of nitrogens with one attached hydrogen (secondary N) is 1. The Bertz CT molecular complexity index is 991. The third-order valence-electron chi connectivity index (χ3n) is 3.38. The van der Waals surface area contributed by atoms with Gasteiger partial charge in [-0.1, -0.05) is 15.9 Å². The van der Waals surface area contributed by atoms with Crippen molar-refractivity contribution in [2.24, 2.45) is 0 Å². The van der Waals surface area contributed by atoms with Crippen LogP contribution < -0.4 is 4.72 Å². The van der Waals surface area contributed by atoms with Crippen molar-refractivity contribution in [1.82, 2.24) is 14.5 Å². The Labute approximate surface area is 141 Å². The van der Waals surface area contributed by atoms with Gasteiger partial charge in [-0.3, -0.25) is 4.72 Å². The first-order valence-corrected chi connectivity index (χ1v) is 9.21. The van der Waals surface area contributed by atoms with Crippen LogP contribution in [0.5, 0.6) is 0 Å². The van der Waals surface area contributed by atoms with Crippen LogP contribution in [0.2, 0.25) is 0 Å². The zero-order valence-electron chi connectivity index (χ0n) is 12.8. The molecule has 3 rings (SSSR count). The molecule has 0 fully saturated rings. The molecule has 0 unspecified atom stereocenters. The standard InChI is InChI=1S/C14H15BrN4O3S/c1-4-19-7-13(16-8(19)2)23(20,21)18-12-6-10(15)5-11-14(12)22-9(3)17-11/h5-7,18H,4H2,1-3H3. The number of rotatable bonds is 4. The SMILES string of the molecule is CCn1cc(S(=O)(=O)Nc2cc(Br)cc3nc(C)oc23)nc1C. The van der Waals surface area contributed by atoms with Crippen LogP contribution in [0.3, 0.4) is 0 Å². The molecule has 3 aromatic rings. The van der Waals surface area contributed by atoms with Crippen molar-refractivity contribution >= 4 is 42.7 Å². The second-order valence-electron chi connectivity index (χ2n) is 5.05. The van der Waals surface area contributed by atoms with Gasteiger partial charge in [0.2, 0.25) is 0 Å². The summed E-state index contributed by atoms with van der Waals surface area (Å²) in [6, 6.07) is 3.40. The molecule has 0 amide bonds. The first-order chi connectivity index (χ1) is 10.8. The fourth-order valence-corrected chi connectivity index (χ4v) is 3.82. The maximum Gasteiger partial charge on any atom is 0.281 e. The highest BCUT2D eigenvalue weighted by Crippen LogP contribution is 2.30. The maximum atomic E-state index is 12.6. The Balaban J connectivity index is 2.06. The van der Waals surface area contributed by atoms with Crippen LogP contribution >= 0.6 is 15.9 Å². The van der Waals surface area contributed by atoms with Crippen molar-refractivity contribution in [3.63, 3.8) is 0 Å². The highest BCUT2D eigenvalue weighted by atomic mass is 79.9. The van der Waals surface area contributed by atoms with Crippen LogP contribution in [0.15, 0.2) is 32.2 Å². The Morgan fingerprint density at radius 1 is 1.30 bits per heavy atom. The third-order valence-corrected chi connectivity index (χ3v) is 5.07. The van der Waals surface area contributed by atoms with Crippen LogP contribution in [0.1, 0.15) is 18.6 Å². The average molecular weight is 399 g/mol. The van der Waals surface area contributed by atoms with E-state index in [9.17, 15) is 8.42 Å². The normalized spacial score (nSPS) is 12.0. The summed E-state index contributed by atoms with van der Waals surface area (Å²) in [5, 5.41) is -0.0267. The van der Waals surface area contributed by atoms with Crippen molar-refractivity contribution in [2.75, 3.05) is 4.72 Å². The van der Waals surface area contributed by atoms with E-state index in [0.29, 0.717) is 39.5 Å². The molecule has 1 N–H and O–H groups in total. The lowest BCUT2D eigenvalue weighted by atomic mass is 10.3. The van der Waals surface area contributed by atoms with Crippen LogP contribution in [-0.4, -0.2) is 23.0 Å². The van der Waals surface area contributed by atoms with Crippen LogP contribution in [0.25, 0.3) is 11.1 Å². The first-order valence-electron chi connectivity index (χ1n) is 6.93. The second-order valence-corrected chi connectivity index (χ2v) is 7.60. The van der Waals surface area contributed by atoms with Gasteiger partial charge < -0.3 is 8.98 Å². The summed E-state index contributed by atoms with van der Waals surface area (Å²) in [5.74, 6) is 1.10. The van der Waals surface area contributed by atoms with Gasteiger partial charge in [0.25, 0.3) is 10.0 Å². The Kier molecular flexibility index (Phi) is 3.93. The molecule has 0 saturated heterocycles. The molecule has 122 valence electrons. The molecule has 0 spiro atoms. The molecule has 0 aliphatic rings. The molecule has 0 atom stereocenters. The van der Waals surface area contributed by atoms with E-state index in [0.717, 1.165) is 0 Å². The molecule has 0 aliphatic carbocycles. The lowest BCUT2D eigenvalue weighted by molar-refractivity contribution is 0.561. The molecule has 0 radical (unpaired) electrons. The van der Waals surface area contributed by atoms with Gasteiger partial charge in [-0.05, 0) is 26.0 Å². The predicted molar refractivity (Wildman–Crippen MR) is 89.9 cm³/mol. The lowest BCUT2D eigenvalue weighted by Gasteiger charge is -2.06. The minimum absolute atomic E-state index is 0.0267. The van der Waals surface area contributed by atoms with E-state index < -0.39 is 10.0 Å². The van der Waals surface area contributed by atoms with E-state index >= 15 is 0 Å². The number of anilines is 1. The van der Waals surface area contributed by atoms with Crippen molar-refractivity contribution < 1.29 is 12.8 Å². The highest BCUT2D eigenvalue weighted by molar-refractivity contribution is 9.10. The number of sulfonamides is 1. The number of fused-ring (bicyclic) bond motifs is 1. The van der Waals surface area contributed by atoms with E-state index in [2.05, 4.69) is 30.6 Å². The summed E-state index contributed by atoms with van der Waals surface area (Å²) in [6.45, 7) is 6.04. The largest absolute Gasteiger partial charge is 0.439 e. The molecule has 0 aliphatic heterocycles. The second kappa shape index (κ2) is 5.64. The summed E-state index contributed by atoms with van der Waals surface area (Å²) in [6.07, 6.45) is 1.51. The fourth-order valence-electron chi connectivity index (χ4n) is 2.31. The van der Waals surface area contributed by atoms with E-state index in [-0.39, 0.29) is 5.03 Å². The molecular weight excluding hydrogens is 384 g/mol. The molecule has 0 bridgehead atoms. The number of aryl methyl sites for hydroxylation is 3. The number of hydrogen-bond acceptors (Lipinski definition) is 5. The molecule has 2 aromatic heterocycles. The minimum Gasteiger partial charge on any atom is -0.439 e. The van der Waals surface area contributed by atoms with Gasteiger partial charge in [-0.25, -0.2) is 9.97 Å². The minimum atomic E-state index is -3.81. The number of hydrogen-bond donors (Lipinski definition) is 1. The third kappa shape index (κ3) is 2.98. The lowest BCUT2D eigenvalue weighted by Crippen LogP contribution is -2.13. The number of aromatic nitrogens is 3. The zero-order valence-corrected chi connectivity index (χ0v) is 15.2. The van der Waals surface area contributed by atoms with Gasteiger partial charge in [0.15, 0.2) is 16.5 Å². The monoisotopic (exact) mass is 398 g/mol. The molecule has 23 heavy (non-hydrogen) atoms. The van der Waals surface area contributed by atoms with Gasteiger partial charge in [0.05, 0.1) is 5.69 Å². The smallest absolute Gasteiger partial charge is 0.281 e. The predicted octanol–water partition coefficient (Wildman–Crippen LogP) is 3.22. The molecule has 0 saturated carbocycles. The Morgan fingerprint density at radius 3 is 2.70 bits per heavy atom. The van der Waals surface area contributed by atoms with Crippen LogP contribution in [0.4, 0.5) is 5.69 Å². The Hall–Kier alpha value is -1.87. The molecule has 9 heteroatoms. The van der Waals surface area contributed by atoms with Gasteiger partial charge in [-0.2, -0.15) is 8.42 Å². The van der Waals surface area contributed by atoms with Crippen molar-refractivity contribution in [3.8, 4) is 0 Å². The fraction of sp³-hybridized carbons (Fsp3) is 0.286. The van der Waals surface area contributed by atoms with Crippen molar-refractivity contribution in [2.45, 2.75) is 32.3 Å². The van der Waals surface area contributed by atoms with Gasteiger partial charge in [0, 0.05) is 24.1 Å². The van der Waals surface area contributed by atoms with E-state index in [1.54, 1.807) is 30.5 Å². The number of oxazole rings is 1. The quantitative estimate of drug-likeness (QED) is 0.728. The molecular formula is C14H15BrN4O3S. The summed E-state index contributed by atoms with van der Waals surface area (Å²) >= 11 is 3.35. The van der Waals surface area contributed by atoms with Gasteiger partial charge in [0.1, 0.15) is 11.3 Å². The molecule has 1 aromatic carbocycles. The zero-order chi connectivity index (χ0) is 16.8. The van der Waals surface area contributed by atoms with Gasteiger partial charge in [-0.15, -0.1) is 0 Å². The van der Waals surface area contributed by atoms with Crippen molar-refractivity contribution in [1.29, 1.82) is 0 Å². The van der Waals surface area contributed by atoms with Crippen LogP contribution in [0, 0.1) is 13.8 Å². The molecule has 7 nitrogen and oxygen atoms in total. The highest BCUT2D eigenvalue weighted by Gasteiger charge is 2.21. The van der Waals surface area contributed by atoms with E-state index in [1.165, 1.54) is 6.20 Å². The number of nitrogens with zero attached hydrogens (tertiary/aromatic N) is 3. The summed E-state index contributed by atoms with van der Waals surface area (Å²) in [4.78, 5) is 8.33. The van der Waals surface area contributed by atoms with Crippen molar-refractivity contribution in [3.05, 3.63) is 34.5 Å². The summed E-state index contributed by atoms with van der Waals surface area (Å²) in [7, 11) is -3.81. The topological polar surface area (TPSA) is 90.0 Å². The average Bonchev–Trinajstić information content (AvgIpc) is 3.01. The number of imidazole rings is 1. The van der Waals surface area contributed by atoms with Gasteiger partial charge >= 0.3 is 0 Å². The summed E-state index contributed by atoms with van der Waals surface area (Å²) in [5.41, 5.74) is 1.28. The Morgan fingerprint density at radius 2 is 2.04 bits per heavy atom. The number of benzene rings is 1. The maximum absolute atomic E-state index is 12.6.